The van der Waals surface area contributed by atoms with Gasteiger partial charge in [-0.2, -0.15) is 13.2 Å². The fourth-order valence-electron chi connectivity index (χ4n) is 3.56. The Bertz CT molecular complexity index is 1360. The van der Waals surface area contributed by atoms with Crippen LogP contribution in [0.3, 0.4) is 0 Å². The van der Waals surface area contributed by atoms with Gasteiger partial charge in [0, 0.05) is 37.6 Å². The largest absolute Gasteiger partial charge is 0.417 e. The molecule has 0 fully saturated rings. The average molecular weight is 516 g/mol. The fraction of sp³-hybridized carbons (Fsp3) is 0.333. The third kappa shape index (κ3) is 6.05. The van der Waals surface area contributed by atoms with Gasteiger partial charge in [-0.1, -0.05) is 0 Å². The summed E-state index contributed by atoms with van der Waals surface area (Å²) in [4.78, 5) is 21.0. The van der Waals surface area contributed by atoms with Crippen LogP contribution in [0.1, 0.15) is 18.1 Å². The molecule has 4 aromatic rings. The summed E-state index contributed by atoms with van der Waals surface area (Å²) in [5, 5.41) is 11.5. The first-order valence-corrected chi connectivity index (χ1v) is 11.4. The summed E-state index contributed by atoms with van der Waals surface area (Å²) in [6.07, 6.45) is -0.822. The van der Waals surface area contributed by atoms with E-state index in [0.717, 1.165) is 18.8 Å². The highest BCUT2D eigenvalue weighted by atomic mass is 19.4. The molecule has 0 radical (unpaired) electrons. The van der Waals surface area contributed by atoms with Crippen LogP contribution in [0.25, 0.3) is 22.6 Å². The van der Waals surface area contributed by atoms with E-state index in [0.29, 0.717) is 41.4 Å². The number of pyridine rings is 2. The van der Waals surface area contributed by atoms with E-state index in [1.54, 1.807) is 12.1 Å². The van der Waals surface area contributed by atoms with Gasteiger partial charge in [0.15, 0.2) is 11.5 Å². The summed E-state index contributed by atoms with van der Waals surface area (Å²) in [5.41, 5.74) is 1.08. The molecule has 194 valence electrons. The maximum absolute atomic E-state index is 14.0. The van der Waals surface area contributed by atoms with Crippen LogP contribution in [-0.2, 0) is 12.9 Å². The highest BCUT2D eigenvalue weighted by Crippen LogP contribution is 2.30. The number of fused-ring (bicyclic) bond motifs is 1. The van der Waals surface area contributed by atoms with Crippen molar-refractivity contribution in [3.63, 3.8) is 0 Å². The number of nitrogens with zero attached hydrogens (tertiary/aromatic N) is 8. The van der Waals surface area contributed by atoms with Gasteiger partial charge in [-0.05, 0) is 45.3 Å². The van der Waals surface area contributed by atoms with Crippen molar-refractivity contribution in [2.24, 2.45) is 0 Å². The number of anilines is 3. The van der Waals surface area contributed by atoms with Crippen molar-refractivity contribution in [2.75, 3.05) is 43.9 Å². The van der Waals surface area contributed by atoms with Crippen LogP contribution in [-0.4, -0.2) is 68.8 Å². The molecule has 9 nitrogen and oxygen atoms in total. The molecule has 0 unspecified atom stereocenters. The molecular weight excluding hydrogens is 490 g/mol. The Morgan fingerprint density at radius 2 is 1.78 bits per heavy atom. The van der Waals surface area contributed by atoms with Crippen molar-refractivity contribution in [1.29, 1.82) is 0 Å². The standard InChI is InChI=1S/C24H25F4N9/c1-4-37(10-9-36(2)3)20-11-15(12-25)21(35-34-20)18-14-31-22-17(7-8-29-23(22)33-18)32-19-6-5-16(13-30-19)24(26,27)28/h5-8,11,13-14H,4,9-10,12H2,1-3H3,(H,29,30,32,33). The SMILES string of the molecule is CCN(CCN(C)C)c1cc(CF)c(-c2cnc3c(Nc4ccc(C(F)(F)F)cn4)ccnc3n2)nn1. The minimum absolute atomic E-state index is 0.197. The maximum atomic E-state index is 14.0. The van der Waals surface area contributed by atoms with Gasteiger partial charge >= 0.3 is 6.18 Å². The zero-order chi connectivity index (χ0) is 26.6. The summed E-state index contributed by atoms with van der Waals surface area (Å²) in [7, 11) is 3.95. The van der Waals surface area contributed by atoms with Crippen molar-refractivity contribution in [3.05, 3.63) is 54.0 Å². The van der Waals surface area contributed by atoms with Crippen molar-refractivity contribution in [2.45, 2.75) is 19.8 Å². The van der Waals surface area contributed by atoms with Crippen molar-refractivity contribution in [3.8, 4) is 11.4 Å². The molecule has 0 aliphatic heterocycles. The van der Waals surface area contributed by atoms with E-state index in [-0.39, 0.29) is 17.2 Å². The second-order valence-corrected chi connectivity index (χ2v) is 8.43. The molecule has 4 aromatic heterocycles. The van der Waals surface area contributed by atoms with Gasteiger partial charge in [-0.3, -0.25) is 0 Å². The van der Waals surface area contributed by atoms with Gasteiger partial charge in [0.05, 0.1) is 17.4 Å². The number of alkyl halides is 4. The number of nitrogens with one attached hydrogen (secondary N) is 1. The Morgan fingerprint density at radius 3 is 2.43 bits per heavy atom. The Labute approximate surface area is 210 Å². The fourth-order valence-corrected chi connectivity index (χ4v) is 3.56. The molecule has 4 heterocycles. The van der Waals surface area contributed by atoms with Gasteiger partial charge in [0.2, 0.25) is 0 Å². The van der Waals surface area contributed by atoms with Crippen LogP contribution < -0.4 is 10.2 Å². The molecule has 13 heteroatoms. The van der Waals surface area contributed by atoms with Gasteiger partial charge < -0.3 is 15.1 Å². The number of rotatable bonds is 9. The first-order valence-electron chi connectivity index (χ1n) is 11.4. The lowest BCUT2D eigenvalue weighted by molar-refractivity contribution is -0.137. The maximum Gasteiger partial charge on any atom is 0.417 e. The van der Waals surface area contributed by atoms with E-state index in [4.69, 9.17) is 0 Å². The van der Waals surface area contributed by atoms with Crippen LogP contribution in [0.2, 0.25) is 0 Å². The van der Waals surface area contributed by atoms with Crippen LogP contribution in [0.4, 0.5) is 34.9 Å². The smallest absolute Gasteiger partial charge is 0.354 e. The molecular formula is C24H25F4N9. The van der Waals surface area contributed by atoms with E-state index < -0.39 is 18.4 Å². The normalized spacial score (nSPS) is 11.8. The molecule has 0 atom stereocenters. The molecule has 0 amide bonds. The molecule has 0 aliphatic carbocycles. The highest BCUT2D eigenvalue weighted by Gasteiger charge is 2.30. The van der Waals surface area contributed by atoms with E-state index >= 15 is 0 Å². The van der Waals surface area contributed by atoms with Crippen molar-refractivity contribution in [1.82, 2.24) is 35.0 Å². The van der Waals surface area contributed by atoms with Crippen LogP contribution in [0, 0.1) is 0 Å². The topological polar surface area (TPSA) is 95.8 Å². The lowest BCUT2D eigenvalue weighted by atomic mass is 10.1. The molecule has 0 bridgehead atoms. The number of aromatic nitrogens is 6. The first kappa shape index (κ1) is 26.1. The summed E-state index contributed by atoms with van der Waals surface area (Å²) in [6, 6.07) is 5.42. The minimum atomic E-state index is -4.47. The molecule has 0 saturated heterocycles. The quantitative estimate of drug-likeness (QED) is 0.323. The number of halogens is 4. The van der Waals surface area contributed by atoms with E-state index in [1.165, 1.54) is 18.5 Å². The highest BCUT2D eigenvalue weighted by molar-refractivity contribution is 5.87. The van der Waals surface area contributed by atoms with Crippen LogP contribution >= 0.6 is 0 Å². The van der Waals surface area contributed by atoms with E-state index in [9.17, 15) is 17.6 Å². The molecule has 0 aromatic carbocycles. The predicted molar refractivity (Wildman–Crippen MR) is 132 cm³/mol. The second kappa shape index (κ2) is 10.9. The summed E-state index contributed by atoms with van der Waals surface area (Å²) in [6.45, 7) is 3.44. The first-order chi connectivity index (χ1) is 17.7. The van der Waals surface area contributed by atoms with Crippen molar-refractivity contribution >= 4 is 28.5 Å². The Hall–Kier alpha value is -4.00. The third-order valence-corrected chi connectivity index (χ3v) is 5.57. The molecule has 1 N–H and O–H groups in total. The molecule has 37 heavy (non-hydrogen) atoms. The zero-order valence-corrected chi connectivity index (χ0v) is 20.5. The van der Waals surface area contributed by atoms with Gasteiger partial charge in [-0.25, -0.2) is 24.3 Å². The molecule has 0 saturated carbocycles. The van der Waals surface area contributed by atoms with Crippen LogP contribution in [0.5, 0.6) is 0 Å². The summed E-state index contributed by atoms with van der Waals surface area (Å²) < 4.78 is 52.4. The predicted octanol–water partition coefficient (Wildman–Crippen LogP) is 4.50. The number of hydrogen-bond acceptors (Lipinski definition) is 9. The van der Waals surface area contributed by atoms with E-state index in [1.807, 2.05) is 25.9 Å². The Morgan fingerprint density at radius 1 is 0.973 bits per heavy atom. The van der Waals surface area contributed by atoms with Crippen LogP contribution in [0.15, 0.2) is 42.9 Å². The Balaban J connectivity index is 1.62. The Kier molecular flexibility index (Phi) is 7.71. The number of hydrogen-bond donors (Lipinski definition) is 1. The number of likely N-dealkylation sites (N-methyl/N-ethyl adjacent to an activating group) is 2. The molecule has 0 spiro atoms. The lowest BCUT2D eigenvalue weighted by Gasteiger charge is -2.24. The lowest BCUT2D eigenvalue weighted by Crippen LogP contribution is -2.32. The third-order valence-electron chi connectivity index (χ3n) is 5.57. The van der Waals surface area contributed by atoms with Gasteiger partial charge in [-0.15, -0.1) is 10.2 Å². The minimum Gasteiger partial charge on any atom is -0.354 e. The molecule has 4 rings (SSSR count). The summed E-state index contributed by atoms with van der Waals surface area (Å²) >= 11 is 0. The molecule has 0 aliphatic rings. The summed E-state index contributed by atoms with van der Waals surface area (Å²) in [5.74, 6) is 0.769. The van der Waals surface area contributed by atoms with Gasteiger partial charge in [0.1, 0.15) is 29.4 Å². The zero-order valence-electron chi connectivity index (χ0n) is 20.5. The second-order valence-electron chi connectivity index (χ2n) is 8.43. The van der Waals surface area contributed by atoms with Gasteiger partial charge in [0.25, 0.3) is 0 Å². The monoisotopic (exact) mass is 515 g/mol. The van der Waals surface area contributed by atoms with E-state index in [2.05, 4.69) is 40.3 Å². The average Bonchev–Trinajstić information content (AvgIpc) is 2.88. The van der Waals surface area contributed by atoms with Crippen molar-refractivity contribution < 1.29 is 17.6 Å².